The number of rotatable bonds is 6. The second kappa shape index (κ2) is 7.09. The molecular weight excluding hydrogens is 346 g/mol. The van der Waals surface area contributed by atoms with Gasteiger partial charge in [-0.1, -0.05) is 72.0 Å². The van der Waals surface area contributed by atoms with Crippen LogP contribution in [0.25, 0.3) is 4.96 Å². The van der Waals surface area contributed by atoms with E-state index in [1.54, 1.807) is 10.7 Å². The minimum absolute atomic E-state index is 0.0813. The van der Waals surface area contributed by atoms with Gasteiger partial charge in [0.2, 0.25) is 4.96 Å². The molecule has 2 heterocycles. The number of aromatic nitrogens is 3. The van der Waals surface area contributed by atoms with Crippen molar-refractivity contribution in [1.82, 2.24) is 14.6 Å². The summed E-state index contributed by atoms with van der Waals surface area (Å²) in [6.07, 6.45) is 2.39. The van der Waals surface area contributed by atoms with Gasteiger partial charge in [0.15, 0.2) is 0 Å². The average Bonchev–Trinajstić information content (AvgIpc) is 3.18. The number of imidazole rings is 1. The summed E-state index contributed by atoms with van der Waals surface area (Å²) in [6, 6.07) is 20.8. The number of hydrogen-bond acceptors (Lipinski definition) is 4. The van der Waals surface area contributed by atoms with E-state index < -0.39 is 5.97 Å². The van der Waals surface area contributed by atoms with E-state index in [0.717, 1.165) is 16.4 Å². The second-order valence-corrected chi connectivity index (χ2v) is 7.14. The fraction of sp³-hybridized carbons (Fsp3) is 0.150. The van der Waals surface area contributed by atoms with Crippen LogP contribution in [0.1, 0.15) is 27.7 Å². The summed E-state index contributed by atoms with van der Waals surface area (Å²) < 4.78 is 1.69. The molecule has 0 spiro atoms. The van der Waals surface area contributed by atoms with Crippen molar-refractivity contribution >= 4 is 22.3 Å². The van der Waals surface area contributed by atoms with Crippen molar-refractivity contribution in [3.63, 3.8) is 0 Å². The molecule has 0 unspecified atom stereocenters. The first kappa shape index (κ1) is 16.5. The molecule has 4 rings (SSSR count). The van der Waals surface area contributed by atoms with E-state index in [9.17, 15) is 4.79 Å². The van der Waals surface area contributed by atoms with Gasteiger partial charge in [-0.25, -0.2) is 9.50 Å². The summed E-state index contributed by atoms with van der Waals surface area (Å²) in [6.45, 7) is 0. The zero-order chi connectivity index (χ0) is 17.9. The van der Waals surface area contributed by atoms with Gasteiger partial charge in [0.25, 0.3) is 0 Å². The Morgan fingerprint density at radius 2 is 1.65 bits per heavy atom. The van der Waals surface area contributed by atoms with Gasteiger partial charge in [-0.2, -0.15) is 5.10 Å². The van der Waals surface area contributed by atoms with E-state index in [-0.39, 0.29) is 12.3 Å². The number of carboxylic acids is 1. The first-order valence-electron chi connectivity index (χ1n) is 8.34. The lowest BCUT2D eigenvalue weighted by Crippen LogP contribution is -2.05. The Hall–Kier alpha value is -2.99. The van der Waals surface area contributed by atoms with Gasteiger partial charge in [-0.15, -0.1) is 0 Å². The highest BCUT2D eigenvalue weighted by Crippen LogP contribution is 2.30. The minimum atomic E-state index is -0.885. The van der Waals surface area contributed by atoms with Crippen LogP contribution in [-0.4, -0.2) is 25.7 Å². The van der Waals surface area contributed by atoms with Crippen molar-refractivity contribution < 1.29 is 9.90 Å². The van der Waals surface area contributed by atoms with E-state index in [1.807, 2.05) is 12.1 Å². The smallest absolute Gasteiger partial charge is 0.309 e. The number of carboxylic acid groups (broad SMARTS) is 1. The molecule has 130 valence electrons. The molecule has 0 fully saturated rings. The molecule has 26 heavy (non-hydrogen) atoms. The van der Waals surface area contributed by atoms with Crippen LogP contribution in [0.5, 0.6) is 0 Å². The van der Waals surface area contributed by atoms with Crippen molar-refractivity contribution in [2.75, 3.05) is 0 Å². The summed E-state index contributed by atoms with van der Waals surface area (Å²) in [5.74, 6) is -0.670. The Balaban J connectivity index is 1.64. The molecule has 0 saturated heterocycles. The number of aliphatic carboxylic acids is 1. The van der Waals surface area contributed by atoms with Gasteiger partial charge in [-0.05, 0) is 11.1 Å². The van der Waals surface area contributed by atoms with Crippen LogP contribution in [0.15, 0.2) is 66.9 Å². The molecule has 0 atom stereocenters. The zero-order valence-corrected chi connectivity index (χ0v) is 14.8. The van der Waals surface area contributed by atoms with E-state index in [0.29, 0.717) is 5.69 Å². The second-order valence-electron chi connectivity index (χ2n) is 6.10. The van der Waals surface area contributed by atoms with Crippen molar-refractivity contribution in [1.29, 1.82) is 0 Å². The Morgan fingerprint density at radius 1 is 1.04 bits per heavy atom. The Labute approximate surface area is 154 Å². The van der Waals surface area contributed by atoms with E-state index in [2.05, 4.69) is 58.6 Å². The lowest BCUT2D eigenvalue weighted by molar-refractivity contribution is -0.136. The van der Waals surface area contributed by atoms with Gasteiger partial charge in [0.1, 0.15) is 5.01 Å². The van der Waals surface area contributed by atoms with Crippen LogP contribution in [-0.2, 0) is 17.6 Å². The standard InChI is InChI=1S/C20H17N3O2S/c24-19(25)11-16-13-23-20(21-16)26-18(22-23)12-17(14-7-3-1-4-8-14)15-9-5-2-6-10-15/h1-10,13,17H,11-12H2,(H,24,25). The summed E-state index contributed by atoms with van der Waals surface area (Å²) in [4.78, 5) is 15.9. The molecule has 1 N–H and O–H groups in total. The average molecular weight is 363 g/mol. The topological polar surface area (TPSA) is 67.5 Å². The highest BCUT2D eigenvalue weighted by molar-refractivity contribution is 7.16. The van der Waals surface area contributed by atoms with Gasteiger partial charge >= 0.3 is 5.97 Å². The van der Waals surface area contributed by atoms with E-state index in [1.165, 1.54) is 22.5 Å². The third-order valence-corrected chi connectivity index (χ3v) is 5.19. The molecule has 4 aromatic rings. The molecule has 0 aliphatic heterocycles. The van der Waals surface area contributed by atoms with Crippen LogP contribution in [0.3, 0.4) is 0 Å². The zero-order valence-electron chi connectivity index (χ0n) is 13.9. The van der Waals surface area contributed by atoms with Crippen molar-refractivity contribution in [3.05, 3.63) is 88.7 Å². The van der Waals surface area contributed by atoms with Crippen LogP contribution in [0.2, 0.25) is 0 Å². The maximum Gasteiger partial charge on any atom is 0.309 e. The number of nitrogens with zero attached hydrogens (tertiary/aromatic N) is 3. The highest BCUT2D eigenvalue weighted by Gasteiger charge is 2.18. The van der Waals surface area contributed by atoms with Crippen LogP contribution >= 0.6 is 11.3 Å². The Morgan fingerprint density at radius 3 is 2.19 bits per heavy atom. The third kappa shape index (κ3) is 3.50. The molecular formula is C20H17N3O2S. The molecule has 0 aliphatic rings. The summed E-state index contributed by atoms with van der Waals surface area (Å²) >= 11 is 1.51. The largest absolute Gasteiger partial charge is 0.481 e. The third-order valence-electron chi connectivity index (χ3n) is 4.25. The lowest BCUT2D eigenvalue weighted by atomic mass is 9.89. The fourth-order valence-electron chi connectivity index (χ4n) is 3.08. The number of fused-ring (bicyclic) bond motifs is 1. The Bertz CT molecular complexity index is 954. The van der Waals surface area contributed by atoms with Gasteiger partial charge < -0.3 is 5.11 Å². The predicted molar refractivity (Wildman–Crippen MR) is 101 cm³/mol. The normalized spacial score (nSPS) is 11.3. The maximum absolute atomic E-state index is 10.8. The van der Waals surface area contributed by atoms with E-state index in [4.69, 9.17) is 5.11 Å². The molecule has 0 amide bonds. The molecule has 0 aliphatic carbocycles. The summed E-state index contributed by atoms with van der Waals surface area (Å²) in [7, 11) is 0. The number of hydrogen-bond donors (Lipinski definition) is 1. The van der Waals surface area contributed by atoms with Crippen LogP contribution in [0.4, 0.5) is 0 Å². The molecule has 6 heteroatoms. The Kier molecular flexibility index (Phi) is 4.50. The SMILES string of the molecule is O=C(O)Cc1cn2nc(CC(c3ccccc3)c3ccccc3)sc2n1. The van der Waals surface area contributed by atoms with Gasteiger partial charge in [0, 0.05) is 12.3 Å². The molecule has 0 saturated carbocycles. The predicted octanol–water partition coefficient (Wildman–Crippen LogP) is 3.79. The highest BCUT2D eigenvalue weighted by atomic mass is 32.1. The first-order chi connectivity index (χ1) is 12.7. The minimum Gasteiger partial charge on any atom is -0.481 e. The monoisotopic (exact) mass is 363 g/mol. The fourth-order valence-corrected chi connectivity index (χ4v) is 4.02. The molecule has 2 aromatic carbocycles. The molecule has 2 aromatic heterocycles. The quantitative estimate of drug-likeness (QED) is 0.566. The molecule has 0 bridgehead atoms. The van der Waals surface area contributed by atoms with Crippen LogP contribution in [0, 0.1) is 0 Å². The maximum atomic E-state index is 10.8. The van der Waals surface area contributed by atoms with Crippen molar-refractivity contribution in [2.24, 2.45) is 0 Å². The number of benzene rings is 2. The lowest BCUT2D eigenvalue weighted by Gasteiger charge is -2.16. The summed E-state index contributed by atoms with van der Waals surface area (Å²) in [5, 5.41) is 14.5. The van der Waals surface area contributed by atoms with Crippen molar-refractivity contribution in [3.8, 4) is 0 Å². The number of carbonyl (C=O) groups is 1. The van der Waals surface area contributed by atoms with Gasteiger partial charge in [0.05, 0.1) is 18.3 Å². The van der Waals surface area contributed by atoms with Gasteiger partial charge in [-0.3, -0.25) is 4.79 Å². The first-order valence-corrected chi connectivity index (χ1v) is 9.16. The van der Waals surface area contributed by atoms with E-state index >= 15 is 0 Å². The van der Waals surface area contributed by atoms with Crippen LogP contribution < -0.4 is 0 Å². The summed E-state index contributed by atoms with van der Waals surface area (Å²) in [5.41, 5.74) is 3.03. The molecule has 0 radical (unpaired) electrons. The molecule has 5 nitrogen and oxygen atoms in total. The van der Waals surface area contributed by atoms with Crippen molar-refractivity contribution in [2.45, 2.75) is 18.8 Å².